The molecule has 0 bridgehead atoms. The van der Waals surface area contributed by atoms with Crippen molar-refractivity contribution in [2.24, 2.45) is 5.73 Å². The van der Waals surface area contributed by atoms with E-state index in [1.165, 1.54) is 0 Å². The minimum atomic E-state index is -0.380. The SMILES string of the molecule is CCC(=O)N1CCCC(c2nc(C3(N)CCC3)no2)C1.Cl. The van der Waals surface area contributed by atoms with E-state index in [0.29, 0.717) is 24.7 Å². The normalized spacial score (nSPS) is 24.1. The van der Waals surface area contributed by atoms with Gasteiger partial charge in [-0.25, -0.2) is 0 Å². The van der Waals surface area contributed by atoms with Gasteiger partial charge in [0.05, 0.1) is 11.5 Å². The lowest BCUT2D eigenvalue weighted by Crippen LogP contribution is -2.44. The molecule has 0 radical (unpaired) electrons. The predicted octanol–water partition coefficient (Wildman–Crippen LogP) is 1.95. The molecule has 3 rings (SSSR count). The van der Waals surface area contributed by atoms with Crippen LogP contribution in [-0.4, -0.2) is 34.0 Å². The number of hydrogen-bond donors (Lipinski definition) is 1. The highest BCUT2D eigenvalue weighted by molar-refractivity contribution is 5.85. The molecule has 2 N–H and O–H groups in total. The lowest BCUT2D eigenvalue weighted by molar-refractivity contribution is -0.132. The van der Waals surface area contributed by atoms with Crippen LogP contribution in [-0.2, 0) is 10.3 Å². The average molecular weight is 315 g/mol. The Hall–Kier alpha value is -1.14. The zero-order chi connectivity index (χ0) is 14.2. The van der Waals surface area contributed by atoms with Crippen LogP contribution in [0.4, 0.5) is 0 Å². The minimum Gasteiger partial charge on any atom is -0.342 e. The van der Waals surface area contributed by atoms with Gasteiger partial charge < -0.3 is 15.2 Å². The summed E-state index contributed by atoms with van der Waals surface area (Å²) in [5, 5.41) is 4.06. The van der Waals surface area contributed by atoms with Gasteiger partial charge >= 0.3 is 0 Å². The van der Waals surface area contributed by atoms with Crippen LogP contribution in [0.1, 0.15) is 63.1 Å². The first-order valence-corrected chi connectivity index (χ1v) is 7.53. The summed E-state index contributed by atoms with van der Waals surface area (Å²) in [6.45, 7) is 3.42. The van der Waals surface area contributed by atoms with Gasteiger partial charge in [0.15, 0.2) is 5.82 Å². The van der Waals surface area contributed by atoms with Gasteiger partial charge in [-0.1, -0.05) is 12.1 Å². The summed E-state index contributed by atoms with van der Waals surface area (Å²) in [5.74, 6) is 1.64. The van der Waals surface area contributed by atoms with Gasteiger partial charge in [0.1, 0.15) is 0 Å². The molecule has 0 spiro atoms. The molecule has 6 nitrogen and oxygen atoms in total. The first-order valence-electron chi connectivity index (χ1n) is 7.53. The molecule has 1 aliphatic heterocycles. The lowest BCUT2D eigenvalue weighted by Gasteiger charge is -2.34. The standard InChI is InChI=1S/C14H22N4O2.ClH/c1-2-11(19)18-8-3-5-10(9-18)12-16-13(17-20-12)14(15)6-4-7-14;/h10H,2-9,15H2,1H3;1H. The highest BCUT2D eigenvalue weighted by Gasteiger charge is 2.40. The van der Waals surface area contributed by atoms with Crippen molar-refractivity contribution in [2.75, 3.05) is 13.1 Å². The van der Waals surface area contributed by atoms with Gasteiger partial charge in [0.25, 0.3) is 0 Å². The average Bonchev–Trinajstić information content (AvgIpc) is 2.94. The van der Waals surface area contributed by atoms with E-state index in [0.717, 1.165) is 38.6 Å². The Bertz CT molecular complexity index is 501. The molecule has 1 saturated heterocycles. The van der Waals surface area contributed by atoms with Crippen LogP contribution in [0.5, 0.6) is 0 Å². The van der Waals surface area contributed by atoms with E-state index in [2.05, 4.69) is 10.1 Å². The van der Waals surface area contributed by atoms with Gasteiger partial charge in [-0.05, 0) is 32.1 Å². The summed E-state index contributed by atoms with van der Waals surface area (Å²) in [6.07, 6.45) is 5.51. The van der Waals surface area contributed by atoms with Crippen molar-refractivity contribution >= 4 is 18.3 Å². The second-order valence-electron chi connectivity index (χ2n) is 6.00. The number of carbonyl (C=O) groups is 1. The fourth-order valence-electron chi connectivity index (χ4n) is 3.01. The number of rotatable bonds is 3. The molecule has 21 heavy (non-hydrogen) atoms. The van der Waals surface area contributed by atoms with Gasteiger partial charge in [-0.3, -0.25) is 4.79 Å². The molecule has 2 aliphatic rings. The Labute approximate surface area is 130 Å². The lowest BCUT2D eigenvalue weighted by atomic mass is 9.77. The van der Waals surface area contributed by atoms with Crippen molar-refractivity contribution in [3.05, 3.63) is 11.7 Å². The third-order valence-electron chi connectivity index (χ3n) is 4.56. The number of halogens is 1. The monoisotopic (exact) mass is 314 g/mol. The quantitative estimate of drug-likeness (QED) is 0.921. The first kappa shape index (κ1) is 16.2. The molecule has 2 heterocycles. The van der Waals surface area contributed by atoms with Crippen LogP contribution in [0, 0.1) is 0 Å². The van der Waals surface area contributed by atoms with Crippen molar-refractivity contribution in [1.82, 2.24) is 15.0 Å². The molecule has 7 heteroatoms. The summed E-state index contributed by atoms with van der Waals surface area (Å²) < 4.78 is 5.41. The van der Waals surface area contributed by atoms with E-state index >= 15 is 0 Å². The molecule has 0 aromatic carbocycles. The maximum Gasteiger partial charge on any atom is 0.231 e. The van der Waals surface area contributed by atoms with Gasteiger partial charge in [-0.15, -0.1) is 12.4 Å². The second-order valence-corrected chi connectivity index (χ2v) is 6.00. The number of piperidine rings is 1. The predicted molar refractivity (Wildman–Crippen MR) is 80.1 cm³/mol. The van der Waals surface area contributed by atoms with Crippen molar-refractivity contribution in [3.63, 3.8) is 0 Å². The third kappa shape index (κ3) is 3.06. The smallest absolute Gasteiger partial charge is 0.231 e. The zero-order valence-corrected chi connectivity index (χ0v) is 13.2. The fraction of sp³-hybridized carbons (Fsp3) is 0.786. The maximum atomic E-state index is 11.8. The Morgan fingerprint density at radius 1 is 1.48 bits per heavy atom. The molecule has 1 aromatic heterocycles. The maximum absolute atomic E-state index is 11.8. The first-order chi connectivity index (χ1) is 9.62. The summed E-state index contributed by atoms with van der Waals surface area (Å²) in [5.41, 5.74) is 5.83. The van der Waals surface area contributed by atoms with Gasteiger partial charge in [-0.2, -0.15) is 4.98 Å². The second kappa shape index (κ2) is 6.32. The van der Waals surface area contributed by atoms with Crippen LogP contribution in [0.2, 0.25) is 0 Å². The Kier molecular flexibility index (Phi) is 4.88. The zero-order valence-electron chi connectivity index (χ0n) is 12.4. The highest BCUT2D eigenvalue weighted by Crippen LogP contribution is 2.37. The summed E-state index contributed by atoms with van der Waals surface area (Å²) in [4.78, 5) is 18.2. The molecular formula is C14H23ClN4O2. The Morgan fingerprint density at radius 3 is 2.86 bits per heavy atom. The van der Waals surface area contributed by atoms with E-state index in [1.54, 1.807) is 0 Å². The molecule has 1 atom stereocenters. The number of aromatic nitrogens is 2. The third-order valence-corrected chi connectivity index (χ3v) is 4.56. The molecule has 1 saturated carbocycles. The van der Waals surface area contributed by atoms with Crippen molar-refractivity contribution < 1.29 is 9.32 Å². The highest BCUT2D eigenvalue weighted by atomic mass is 35.5. The van der Waals surface area contributed by atoms with Gasteiger partial charge in [0, 0.05) is 19.5 Å². The number of nitrogens with zero attached hydrogens (tertiary/aromatic N) is 3. The summed E-state index contributed by atoms with van der Waals surface area (Å²) in [6, 6.07) is 0. The van der Waals surface area contributed by atoms with Crippen molar-refractivity contribution in [1.29, 1.82) is 0 Å². The molecule has 1 amide bonds. The number of likely N-dealkylation sites (tertiary alicyclic amines) is 1. The summed E-state index contributed by atoms with van der Waals surface area (Å²) >= 11 is 0. The van der Waals surface area contributed by atoms with E-state index in [-0.39, 0.29) is 29.8 Å². The molecule has 2 fully saturated rings. The molecule has 118 valence electrons. The molecule has 1 aliphatic carbocycles. The van der Waals surface area contributed by atoms with Crippen LogP contribution in [0.25, 0.3) is 0 Å². The minimum absolute atomic E-state index is 0. The van der Waals surface area contributed by atoms with Crippen LogP contribution < -0.4 is 5.73 Å². The van der Waals surface area contributed by atoms with E-state index < -0.39 is 0 Å². The van der Waals surface area contributed by atoms with Crippen molar-refractivity contribution in [3.8, 4) is 0 Å². The number of nitrogens with two attached hydrogens (primary N) is 1. The Balaban J connectivity index is 0.00000161. The molecule has 1 aromatic rings. The van der Waals surface area contributed by atoms with Crippen LogP contribution in [0.3, 0.4) is 0 Å². The largest absolute Gasteiger partial charge is 0.342 e. The molecular weight excluding hydrogens is 292 g/mol. The number of carbonyl (C=O) groups excluding carboxylic acids is 1. The van der Waals surface area contributed by atoms with Crippen LogP contribution in [0.15, 0.2) is 4.52 Å². The van der Waals surface area contributed by atoms with E-state index in [9.17, 15) is 4.79 Å². The Morgan fingerprint density at radius 2 is 2.24 bits per heavy atom. The topological polar surface area (TPSA) is 85.2 Å². The van der Waals surface area contributed by atoms with E-state index in [1.807, 2.05) is 11.8 Å². The number of hydrogen-bond acceptors (Lipinski definition) is 5. The van der Waals surface area contributed by atoms with Crippen LogP contribution >= 0.6 is 12.4 Å². The summed E-state index contributed by atoms with van der Waals surface area (Å²) in [7, 11) is 0. The fourth-order valence-corrected chi connectivity index (χ4v) is 3.01. The van der Waals surface area contributed by atoms with E-state index in [4.69, 9.17) is 10.3 Å². The number of amides is 1. The van der Waals surface area contributed by atoms with Gasteiger partial charge in [0.2, 0.25) is 11.8 Å². The van der Waals surface area contributed by atoms with Crippen molar-refractivity contribution in [2.45, 2.75) is 56.9 Å². The molecule has 1 unspecified atom stereocenters.